The van der Waals surface area contributed by atoms with Crippen LogP contribution in [0.15, 0.2) is 36.4 Å². The number of carbonyl (C=O) groups is 2. The van der Waals surface area contributed by atoms with Crippen LogP contribution in [0.5, 0.6) is 0 Å². The number of halogens is 2. The van der Waals surface area contributed by atoms with Crippen molar-refractivity contribution >= 4 is 23.4 Å². The molecule has 102 valence electrons. The van der Waals surface area contributed by atoms with E-state index in [0.29, 0.717) is 0 Å². The summed E-state index contributed by atoms with van der Waals surface area (Å²) >= 11 is 5.97. The smallest absolute Gasteiger partial charge is 0.249 e. The minimum atomic E-state index is -0.803. The Hall–Kier alpha value is -2.40. The van der Waals surface area contributed by atoms with E-state index in [9.17, 15) is 14.0 Å². The molecule has 0 aliphatic heterocycles. The molecule has 2 aromatic carbocycles. The molecular weight excluding hydrogens is 283 g/mol. The molecule has 0 saturated carbocycles. The first-order valence-electron chi connectivity index (χ1n) is 5.60. The number of benzene rings is 2. The minimum absolute atomic E-state index is 0.00981. The fourth-order valence-electron chi connectivity index (χ4n) is 1.97. The summed E-state index contributed by atoms with van der Waals surface area (Å²) in [4.78, 5) is 23.0. The predicted octanol–water partition coefficient (Wildman–Crippen LogP) is 2.34. The second-order valence-corrected chi connectivity index (χ2v) is 4.46. The first-order valence-corrected chi connectivity index (χ1v) is 5.98. The summed E-state index contributed by atoms with van der Waals surface area (Å²) in [6.45, 7) is 0. The Balaban J connectivity index is 2.91. The average molecular weight is 293 g/mol. The van der Waals surface area contributed by atoms with Gasteiger partial charge in [0.1, 0.15) is 5.82 Å². The van der Waals surface area contributed by atoms with Crippen LogP contribution >= 0.6 is 11.6 Å². The highest BCUT2D eigenvalue weighted by molar-refractivity contribution is 6.34. The summed E-state index contributed by atoms with van der Waals surface area (Å²) in [7, 11) is 0. The average Bonchev–Trinajstić information content (AvgIpc) is 2.38. The van der Waals surface area contributed by atoms with Crippen LogP contribution in [0.4, 0.5) is 4.39 Å². The Morgan fingerprint density at radius 3 is 1.85 bits per heavy atom. The van der Waals surface area contributed by atoms with E-state index < -0.39 is 17.6 Å². The molecule has 20 heavy (non-hydrogen) atoms. The molecule has 0 bridgehead atoms. The molecule has 2 amide bonds. The molecule has 2 aromatic rings. The molecular formula is C14H10ClFN2O2. The summed E-state index contributed by atoms with van der Waals surface area (Å²) < 4.78 is 14.0. The fraction of sp³-hybridized carbons (Fsp3) is 0. The van der Waals surface area contributed by atoms with Gasteiger partial charge in [-0.2, -0.15) is 0 Å². The summed E-state index contributed by atoms with van der Waals surface area (Å²) in [6, 6.07) is 8.24. The summed E-state index contributed by atoms with van der Waals surface area (Å²) in [5.74, 6) is -2.28. The number of rotatable bonds is 3. The Morgan fingerprint density at radius 2 is 1.40 bits per heavy atom. The highest BCUT2D eigenvalue weighted by atomic mass is 35.5. The molecule has 6 heteroatoms. The SMILES string of the molecule is NC(=O)c1cccc(C(N)=O)c1-c1c(F)cccc1Cl. The van der Waals surface area contributed by atoms with Crippen molar-refractivity contribution in [3.8, 4) is 11.1 Å². The molecule has 0 aliphatic carbocycles. The Morgan fingerprint density at radius 1 is 0.900 bits per heavy atom. The number of nitrogens with two attached hydrogens (primary N) is 2. The largest absolute Gasteiger partial charge is 0.366 e. The van der Waals surface area contributed by atoms with Gasteiger partial charge in [0.15, 0.2) is 0 Å². The van der Waals surface area contributed by atoms with Gasteiger partial charge in [-0.05, 0) is 24.3 Å². The number of carbonyl (C=O) groups excluding carboxylic acids is 2. The van der Waals surface area contributed by atoms with Gasteiger partial charge < -0.3 is 11.5 Å². The fourth-order valence-corrected chi connectivity index (χ4v) is 2.23. The minimum Gasteiger partial charge on any atom is -0.366 e. The normalized spacial score (nSPS) is 10.3. The van der Waals surface area contributed by atoms with Crippen LogP contribution in [0.2, 0.25) is 5.02 Å². The van der Waals surface area contributed by atoms with E-state index >= 15 is 0 Å². The van der Waals surface area contributed by atoms with Crippen LogP contribution in [-0.2, 0) is 0 Å². The second-order valence-electron chi connectivity index (χ2n) is 4.05. The van der Waals surface area contributed by atoms with Gasteiger partial charge in [-0.15, -0.1) is 0 Å². The van der Waals surface area contributed by atoms with E-state index in [1.165, 1.54) is 36.4 Å². The lowest BCUT2D eigenvalue weighted by Gasteiger charge is -2.13. The van der Waals surface area contributed by atoms with E-state index in [0.717, 1.165) is 0 Å². The zero-order valence-corrected chi connectivity index (χ0v) is 10.9. The molecule has 4 nitrogen and oxygen atoms in total. The van der Waals surface area contributed by atoms with Gasteiger partial charge in [-0.1, -0.05) is 23.7 Å². The molecule has 0 spiro atoms. The Labute approximate surface area is 119 Å². The van der Waals surface area contributed by atoms with Crippen molar-refractivity contribution in [1.82, 2.24) is 0 Å². The van der Waals surface area contributed by atoms with Crippen molar-refractivity contribution in [2.24, 2.45) is 11.5 Å². The zero-order chi connectivity index (χ0) is 14.9. The lowest BCUT2D eigenvalue weighted by atomic mass is 9.93. The molecule has 0 unspecified atom stereocenters. The predicted molar refractivity (Wildman–Crippen MR) is 73.9 cm³/mol. The van der Waals surface area contributed by atoms with Crippen molar-refractivity contribution in [3.63, 3.8) is 0 Å². The van der Waals surface area contributed by atoms with Gasteiger partial charge in [0, 0.05) is 22.3 Å². The molecule has 4 N–H and O–H groups in total. The second kappa shape index (κ2) is 5.30. The number of amides is 2. The number of hydrogen-bond acceptors (Lipinski definition) is 2. The third-order valence-corrected chi connectivity index (χ3v) is 3.12. The van der Waals surface area contributed by atoms with E-state index in [4.69, 9.17) is 23.1 Å². The van der Waals surface area contributed by atoms with E-state index in [-0.39, 0.29) is 27.3 Å². The Bertz CT molecular complexity index is 664. The van der Waals surface area contributed by atoms with Gasteiger partial charge in [0.2, 0.25) is 11.8 Å². The molecule has 0 saturated heterocycles. The maximum absolute atomic E-state index is 14.0. The zero-order valence-electron chi connectivity index (χ0n) is 10.2. The molecule has 0 atom stereocenters. The summed E-state index contributed by atoms with van der Waals surface area (Å²) in [6.07, 6.45) is 0. The molecule has 0 radical (unpaired) electrons. The monoisotopic (exact) mass is 292 g/mol. The van der Waals surface area contributed by atoms with Gasteiger partial charge >= 0.3 is 0 Å². The topological polar surface area (TPSA) is 86.2 Å². The van der Waals surface area contributed by atoms with Crippen LogP contribution in [0, 0.1) is 5.82 Å². The van der Waals surface area contributed by atoms with Crippen LogP contribution in [0.3, 0.4) is 0 Å². The van der Waals surface area contributed by atoms with Crippen molar-refractivity contribution in [1.29, 1.82) is 0 Å². The molecule has 0 aliphatic rings. The number of hydrogen-bond donors (Lipinski definition) is 2. The van der Waals surface area contributed by atoms with Crippen molar-refractivity contribution in [2.45, 2.75) is 0 Å². The highest BCUT2D eigenvalue weighted by Crippen LogP contribution is 2.35. The van der Waals surface area contributed by atoms with Crippen LogP contribution in [-0.4, -0.2) is 11.8 Å². The third-order valence-electron chi connectivity index (χ3n) is 2.81. The maximum atomic E-state index is 14.0. The summed E-state index contributed by atoms with van der Waals surface area (Å²) in [5.41, 5.74) is 10.4. The molecule has 0 fully saturated rings. The third kappa shape index (κ3) is 2.35. The van der Waals surface area contributed by atoms with Gasteiger partial charge in [0.05, 0.1) is 5.02 Å². The van der Waals surface area contributed by atoms with E-state index in [2.05, 4.69) is 0 Å². The molecule has 0 aromatic heterocycles. The van der Waals surface area contributed by atoms with Crippen molar-refractivity contribution < 1.29 is 14.0 Å². The van der Waals surface area contributed by atoms with Crippen molar-refractivity contribution in [2.75, 3.05) is 0 Å². The highest BCUT2D eigenvalue weighted by Gasteiger charge is 2.22. The van der Waals surface area contributed by atoms with Crippen LogP contribution < -0.4 is 11.5 Å². The molecule has 0 heterocycles. The molecule has 2 rings (SSSR count). The lowest BCUT2D eigenvalue weighted by molar-refractivity contribution is 0.0999. The van der Waals surface area contributed by atoms with Crippen LogP contribution in [0.25, 0.3) is 11.1 Å². The first-order chi connectivity index (χ1) is 9.43. The van der Waals surface area contributed by atoms with Gasteiger partial charge in [0.25, 0.3) is 0 Å². The quantitative estimate of drug-likeness (QED) is 0.909. The summed E-state index contributed by atoms with van der Waals surface area (Å²) in [5, 5.41) is 0.0567. The lowest BCUT2D eigenvalue weighted by Crippen LogP contribution is -2.18. The van der Waals surface area contributed by atoms with Crippen molar-refractivity contribution in [3.05, 3.63) is 58.4 Å². The number of primary amides is 2. The first kappa shape index (κ1) is 14.0. The maximum Gasteiger partial charge on any atom is 0.249 e. The Kier molecular flexibility index (Phi) is 3.72. The standard InChI is InChI=1S/C14H10ClFN2O2/c15-9-5-2-6-10(16)12(9)11-7(13(17)19)3-1-4-8(11)14(18)20/h1-6H,(H2,17,19)(H2,18,20). The van der Waals surface area contributed by atoms with E-state index in [1.54, 1.807) is 0 Å². The van der Waals surface area contributed by atoms with Crippen LogP contribution in [0.1, 0.15) is 20.7 Å². The van der Waals surface area contributed by atoms with Gasteiger partial charge in [-0.25, -0.2) is 4.39 Å². The van der Waals surface area contributed by atoms with E-state index in [1.807, 2.05) is 0 Å². The van der Waals surface area contributed by atoms with Gasteiger partial charge in [-0.3, -0.25) is 9.59 Å².